The lowest BCUT2D eigenvalue weighted by Crippen LogP contribution is -2.14. The van der Waals surface area contributed by atoms with Gasteiger partial charge in [0, 0.05) is 0 Å². The lowest BCUT2D eigenvalue weighted by Gasteiger charge is -2.07. The van der Waals surface area contributed by atoms with E-state index in [0.29, 0.717) is 17.9 Å². The van der Waals surface area contributed by atoms with Gasteiger partial charge in [-0.25, -0.2) is 4.79 Å². The number of aryl methyl sites for hydroxylation is 1. The minimum atomic E-state index is -0.544. The van der Waals surface area contributed by atoms with Crippen molar-refractivity contribution < 1.29 is 9.53 Å². The van der Waals surface area contributed by atoms with Gasteiger partial charge >= 0.3 is 6.09 Å². The minimum Gasteiger partial charge on any atom is -0.450 e. The van der Waals surface area contributed by atoms with Crippen LogP contribution in [0.1, 0.15) is 18.1 Å². The molecule has 0 heterocycles. The van der Waals surface area contributed by atoms with Gasteiger partial charge in [0.2, 0.25) is 0 Å². The fourth-order valence-corrected chi connectivity index (χ4v) is 1.14. The molecule has 0 saturated heterocycles. The van der Waals surface area contributed by atoms with Gasteiger partial charge in [-0.2, -0.15) is 5.26 Å². The zero-order chi connectivity index (χ0) is 11.3. The Bertz CT molecular complexity index is 408. The number of nitrogens with one attached hydrogen (secondary N) is 1. The predicted molar refractivity (Wildman–Crippen MR) is 56.5 cm³/mol. The second kappa shape index (κ2) is 5.01. The van der Waals surface area contributed by atoms with Crippen LogP contribution < -0.4 is 5.32 Å². The van der Waals surface area contributed by atoms with Gasteiger partial charge in [-0.15, -0.1) is 0 Å². The Morgan fingerprint density at radius 2 is 2.33 bits per heavy atom. The summed E-state index contributed by atoms with van der Waals surface area (Å²) in [6.07, 6.45) is -0.544. The van der Waals surface area contributed by atoms with Crippen LogP contribution in [0.4, 0.5) is 10.5 Å². The highest BCUT2D eigenvalue weighted by Crippen LogP contribution is 2.16. The van der Waals surface area contributed by atoms with Crippen molar-refractivity contribution in [3.8, 4) is 6.07 Å². The average Bonchev–Trinajstić information content (AvgIpc) is 2.21. The molecule has 0 spiro atoms. The van der Waals surface area contributed by atoms with Crippen LogP contribution in [0.5, 0.6) is 0 Å². The number of anilines is 1. The number of carbonyl (C=O) groups excluding carboxylic acids is 1. The van der Waals surface area contributed by atoms with Gasteiger partial charge in [0.1, 0.15) is 6.07 Å². The number of benzene rings is 1. The molecule has 0 aliphatic heterocycles. The fraction of sp³-hybridized carbons (Fsp3) is 0.273. The highest BCUT2D eigenvalue weighted by molar-refractivity contribution is 5.86. The fourth-order valence-electron chi connectivity index (χ4n) is 1.14. The van der Waals surface area contributed by atoms with Gasteiger partial charge in [-0.1, -0.05) is 6.07 Å². The summed E-state index contributed by atoms with van der Waals surface area (Å²) < 4.78 is 4.72. The summed E-state index contributed by atoms with van der Waals surface area (Å²) in [6, 6.07) is 7.23. The maximum atomic E-state index is 11.1. The molecule has 1 aromatic rings. The first-order valence-electron chi connectivity index (χ1n) is 4.62. The van der Waals surface area contributed by atoms with Crippen molar-refractivity contribution in [1.29, 1.82) is 5.26 Å². The van der Waals surface area contributed by atoms with Crippen molar-refractivity contribution >= 4 is 11.8 Å². The Morgan fingerprint density at radius 1 is 1.60 bits per heavy atom. The zero-order valence-corrected chi connectivity index (χ0v) is 8.70. The zero-order valence-electron chi connectivity index (χ0n) is 8.70. The van der Waals surface area contributed by atoms with Crippen LogP contribution >= 0.6 is 0 Å². The third-order valence-electron chi connectivity index (χ3n) is 1.81. The number of hydrogen-bond donors (Lipinski definition) is 1. The molecular formula is C11H12N2O2. The minimum absolute atomic E-state index is 0.305. The summed E-state index contributed by atoms with van der Waals surface area (Å²) in [5, 5.41) is 11.3. The van der Waals surface area contributed by atoms with Gasteiger partial charge in [0.05, 0.1) is 17.9 Å². The van der Waals surface area contributed by atoms with E-state index in [-0.39, 0.29) is 0 Å². The van der Waals surface area contributed by atoms with E-state index >= 15 is 0 Å². The van der Waals surface area contributed by atoms with Crippen molar-refractivity contribution in [2.45, 2.75) is 13.8 Å². The number of ether oxygens (including phenoxy) is 1. The van der Waals surface area contributed by atoms with Gasteiger partial charge in [0.25, 0.3) is 0 Å². The van der Waals surface area contributed by atoms with Crippen LogP contribution in [-0.2, 0) is 4.74 Å². The van der Waals surface area contributed by atoms with Gasteiger partial charge < -0.3 is 4.74 Å². The molecule has 0 aromatic heterocycles. The Balaban J connectivity index is 2.86. The molecule has 4 nitrogen and oxygen atoms in total. The number of hydrogen-bond acceptors (Lipinski definition) is 3. The Morgan fingerprint density at radius 3 is 2.93 bits per heavy atom. The molecule has 1 aromatic carbocycles. The molecule has 4 heteroatoms. The molecule has 0 aliphatic carbocycles. The normalized spacial score (nSPS) is 9.13. The first-order valence-corrected chi connectivity index (χ1v) is 4.62. The summed E-state index contributed by atoms with van der Waals surface area (Å²) in [7, 11) is 0. The summed E-state index contributed by atoms with van der Waals surface area (Å²) in [6.45, 7) is 3.91. The molecular weight excluding hydrogens is 192 g/mol. The molecule has 78 valence electrons. The van der Waals surface area contributed by atoms with E-state index in [1.807, 2.05) is 19.1 Å². The van der Waals surface area contributed by atoms with Crippen LogP contribution in [0, 0.1) is 18.3 Å². The number of amides is 1. The van der Waals surface area contributed by atoms with E-state index in [4.69, 9.17) is 10.00 Å². The highest BCUT2D eigenvalue weighted by Gasteiger charge is 2.06. The lowest BCUT2D eigenvalue weighted by molar-refractivity contribution is 0.168. The van der Waals surface area contributed by atoms with Crippen molar-refractivity contribution in [1.82, 2.24) is 0 Å². The van der Waals surface area contributed by atoms with Crippen molar-refractivity contribution in [3.63, 3.8) is 0 Å². The van der Waals surface area contributed by atoms with E-state index in [9.17, 15) is 4.79 Å². The van der Waals surface area contributed by atoms with E-state index in [0.717, 1.165) is 5.56 Å². The summed E-state index contributed by atoms with van der Waals surface area (Å²) >= 11 is 0. The van der Waals surface area contributed by atoms with Crippen LogP contribution in [0.3, 0.4) is 0 Å². The first kappa shape index (κ1) is 11.1. The molecule has 0 atom stereocenters. The molecule has 15 heavy (non-hydrogen) atoms. The topological polar surface area (TPSA) is 62.1 Å². The number of rotatable bonds is 2. The highest BCUT2D eigenvalue weighted by atomic mass is 16.5. The number of nitriles is 1. The predicted octanol–water partition coefficient (Wildman–Crippen LogP) is 2.44. The van der Waals surface area contributed by atoms with Crippen molar-refractivity contribution in [2.24, 2.45) is 0 Å². The SMILES string of the molecule is CCOC(=O)Nc1ccc(C)cc1C#N. The van der Waals surface area contributed by atoms with Gasteiger partial charge in [-0.05, 0) is 31.5 Å². The standard InChI is InChI=1S/C11H12N2O2/c1-3-15-11(14)13-10-5-4-8(2)6-9(10)7-12/h4-6H,3H2,1-2H3,(H,13,14). The van der Waals surface area contributed by atoms with Gasteiger partial charge in [-0.3, -0.25) is 5.32 Å². The average molecular weight is 204 g/mol. The molecule has 0 fully saturated rings. The molecule has 0 aliphatic rings. The third-order valence-corrected chi connectivity index (χ3v) is 1.81. The van der Waals surface area contributed by atoms with Crippen LogP contribution in [0.25, 0.3) is 0 Å². The van der Waals surface area contributed by atoms with Crippen molar-refractivity contribution in [3.05, 3.63) is 29.3 Å². The van der Waals surface area contributed by atoms with E-state index in [2.05, 4.69) is 5.32 Å². The monoisotopic (exact) mass is 204 g/mol. The smallest absolute Gasteiger partial charge is 0.411 e. The number of nitrogens with zero attached hydrogens (tertiary/aromatic N) is 1. The Labute approximate surface area is 88.5 Å². The molecule has 1 rings (SSSR count). The van der Waals surface area contributed by atoms with Crippen LogP contribution in [-0.4, -0.2) is 12.7 Å². The molecule has 0 bridgehead atoms. The largest absolute Gasteiger partial charge is 0.450 e. The van der Waals surface area contributed by atoms with E-state index in [1.165, 1.54) is 0 Å². The summed E-state index contributed by atoms with van der Waals surface area (Å²) in [5.74, 6) is 0. The third kappa shape index (κ3) is 2.99. The summed E-state index contributed by atoms with van der Waals surface area (Å²) in [5.41, 5.74) is 1.88. The van der Waals surface area contributed by atoms with Crippen LogP contribution in [0.2, 0.25) is 0 Å². The Hall–Kier alpha value is -2.02. The molecule has 1 N–H and O–H groups in total. The van der Waals surface area contributed by atoms with Gasteiger partial charge in [0.15, 0.2) is 0 Å². The molecule has 0 unspecified atom stereocenters. The lowest BCUT2D eigenvalue weighted by atomic mass is 10.1. The second-order valence-electron chi connectivity index (χ2n) is 3.01. The molecule has 0 radical (unpaired) electrons. The number of carbonyl (C=O) groups is 1. The second-order valence-corrected chi connectivity index (χ2v) is 3.01. The van der Waals surface area contributed by atoms with Crippen molar-refractivity contribution in [2.75, 3.05) is 11.9 Å². The maximum absolute atomic E-state index is 11.1. The quantitative estimate of drug-likeness (QED) is 0.804. The van der Waals surface area contributed by atoms with E-state index in [1.54, 1.807) is 19.1 Å². The van der Waals surface area contributed by atoms with Crippen LogP contribution in [0.15, 0.2) is 18.2 Å². The summed E-state index contributed by atoms with van der Waals surface area (Å²) in [4.78, 5) is 11.1. The Kier molecular flexibility index (Phi) is 3.69. The van der Waals surface area contributed by atoms with E-state index < -0.39 is 6.09 Å². The molecule has 1 amide bonds. The maximum Gasteiger partial charge on any atom is 0.411 e. The first-order chi connectivity index (χ1) is 7.17. The molecule has 0 saturated carbocycles.